The second-order valence-electron chi connectivity index (χ2n) is 5.92. The van der Waals surface area contributed by atoms with Crippen molar-refractivity contribution in [2.45, 2.75) is 6.92 Å². The third-order valence-corrected chi connectivity index (χ3v) is 4.33. The highest BCUT2D eigenvalue weighted by molar-refractivity contribution is 6.32. The summed E-state index contributed by atoms with van der Waals surface area (Å²) in [4.78, 5) is 25.1. The topological polar surface area (TPSA) is 82.5 Å². The number of anilines is 1. The first kappa shape index (κ1) is 19.4. The normalized spacial score (nSPS) is 10.4. The molecule has 0 saturated carbocycles. The highest BCUT2D eigenvalue weighted by atomic mass is 35.5. The van der Waals surface area contributed by atoms with Crippen LogP contribution in [0.15, 0.2) is 53.3 Å². The molecular formula is C20H18ClN3O4. The van der Waals surface area contributed by atoms with Crippen molar-refractivity contribution < 1.29 is 14.3 Å². The van der Waals surface area contributed by atoms with Crippen LogP contribution in [0.4, 0.5) is 5.69 Å². The summed E-state index contributed by atoms with van der Waals surface area (Å²) >= 11 is 6.23. The molecule has 28 heavy (non-hydrogen) atoms. The zero-order valence-corrected chi connectivity index (χ0v) is 16.3. The van der Waals surface area contributed by atoms with Gasteiger partial charge in [-0.2, -0.15) is 5.10 Å². The number of hydrogen-bond donors (Lipinski definition) is 1. The first-order valence-corrected chi connectivity index (χ1v) is 8.71. The molecule has 0 saturated heterocycles. The minimum Gasteiger partial charge on any atom is -0.497 e. The van der Waals surface area contributed by atoms with Crippen LogP contribution in [0, 0.1) is 6.92 Å². The lowest BCUT2D eigenvalue weighted by molar-refractivity contribution is 0.101. The Hall–Kier alpha value is -3.32. The summed E-state index contributed by atoms with van der Waals surface area (Å²) in [6.07, 6.45) is 0. The number of nitrogens with zero attached hydrogens (tertiary/aromatic N) is 2. The zero-order chi connectivity index (χ0) is 20.3. The van der Waals surface area contributed by atoms with Crippen LogP contribution in [0.5, 0.6) is 11.5 Å². The molecule has 0 fully saturated rings. The Morgan fingerprint density at radius 1 is 1.07 bits per heavy atom. The van der Waals surface area contributed by atoms with E-state index >= 15 is 0 Å². The molecule has 0 radical (unpaired) electrons. The monoisotopic (exact) mass is 399 g/mol. The van der Waals surface area contributed by atoms with E-state index in [9.17, 15) is 9.59 Å². The first-order chi connectivity index (χ1) is 13.4. The summed E-state index contributed by atoms with van der Waals surface area (Å²) in [7, 11) is 3.01. The van der Waals surface area contributed by atoms with E-state index in [0.29, 0.717) is 33.6 Å². The van der Waals surface area contributed by atoms with Gasteiger partial charge in [0.15, 0.2) is 5.69 Å². The number of carbonyl (C=O) groups is 1. The van der Waals surface area contributed by atoms with Crippen LogP contribution in [-0.4, -0.2) is 29.9 Å². The third kappa shape index (κ3) is 3.99. The number of nitrogens with one attached hydrogen (secondary N) is 1. The fourth-order valence-corrected chi connectivity index (χ4v) is 2.86. The van der Waals surface area contributed by atoms with Gasteiger partial charge < -0.3 is 14.8 Å². The number of aromatic nitrogens is 2. The average molecular weight is 400 g/mol. The van der Waals surface area contributed by atoms with Gasteiger partial charge in [0.2, 0.25) is 5.43 Å². The van der Waals surface area contributed by atoms with E-state index in [1.807, 2.05) is 0 Å². The molecule has 1 aromatic heterocycles. The van der Waals surface area contributed by atoms with E-state index in [2.05, 4.69) is 10.4 Å². The summed E-state index contributed by atoms with van der Waals surface area (Å²) in [6.45, 7) is 1.71. The summed E-state index contributed by atoms with van der Waals surface area (Å²) in [5.41, 5.74) is 0.782. The van der Waals surface area contributed by atoms with E-state index in [0.717, 1.165) is 0 Å². The standard InChI is InChI=1S/C20H18ClN3O4/c1-12-8-18(25)19(23-24(12)17-7-5-4-6-16(17)21)20(26)22-13-9-14(27-2)11-15(10-13)28-3/h4-11H,1-3H3,(H,22,26). The van der Waals surface area contributed by atoms with Crippen molar-refractivity contribution in [1.82, 2.24) is 9.78 Å². The predicted molar refractivity (Wildman–Crippen MR) is 107 cm³/mol. The molecule has 0 atom stereocenters. The molecule has 3 aromatic rings. The molecule has 0 aliphatic rings. The Morgan fingerprint density at radius 3 is 2.32 bits per heavy atom. The molecule has 1 amide bonds. The van der Waals surface area contributed by atoms with Gasteiger partial charge in [-0.3, -0.25) is 9.59 Å². The Morgan fingerprint density at radius 2 is 1.71 bits per heavy atom. The number of halogens is 1. The number of rotatable bonds is 5. The molecule has 0 unspecified atom stereocenters. The molecule has 2 aromatic carbocycles. The van der Waals surface area contributed by atoms with Gasteiger partial charge in [0.25, 0.3) is 5.91 Å². The van der Waals surface area contributed by atoms with E-state index in [-0.39, 0.29) is 5.69 Å². The maximum Gasteiger partial charge on any atom is 0.280 e. The SMILES string of the molecule is COc1cc(NC(=O)c2nn(-c3ccccc3Cl)c(C)cc2=O)cc(OC)c1. The van der Waals surface area contributed by atoms with Gasteiger partial charge in [-0.05, 0) is 19.1 Å². The molecule has 3 rings (SSSR count). The maximum absolute atomic E-state index is 12.7. The molecule has 7 nitrogen and oxygen atoms in total. The second-order valence-corrected chi connectivity index (χ2v) is 6.32. The fourth-order valence-electron chi connectivity index (χ4n) is 2.64. The molecule has 0 aliphatic carbocycles. The highest BCUT2D eigenvalue weighted by Crippen LogP contribution is 2.26. The number of para-hydroxylation sites is 1. The molecule has 1 N–H and O–H groups in total. The van der Waals surface area contributed by atoms with E-state index in [4.69, 9.17) is 21.1 Å². The lowest BCUT2D eigenvalue weighted by atomic mass is 10.2. The Labute approximate surface area is 166 Å². The molecular weight excluding hydrogens is 382 g/mol. The van der Waals surface area contributed by atoms with Crippen molar-refractivity contribution in [2.75, 3.05) is 19.5 Å². The van der Waals surface area contributed by atoms with Crippen LogP contribution < -0.4 is 20.2 Å². The van der Waals surface area contributed by atoms with Gasteiger partial charge in [0, 0.05) is 35.6 Å². The molecule has 0 bridgehead atoms. The number of aryl methyl sites for hydroxylation is 1. The van der Waals surface area contributed by atoms with Crippen LogP contribution in [-0.2, 0) is 0 Å². The van der Waals surface area contributed by atoms with Gasteiger partial charge >= 0.3 is 0 Å². The number of methoxy groups -OCH3 is 2. The van der Waals surface area contributed by atoms with Crippen molar-refractivity contribution in [3.63, 3.8) is 0 Å². The molecule has 144 valence electrons. The van der Waals surface area contributed by atoms with Gasteiger partial charge in [0.1, 0.15) is 11.5 Å². The van der Waals surface area contributed by atoms with Crippen LogP contribution in [0.25, 0.3) is 5.69 Å². The lowest BCUT2D eigenvalue weighted by Crippen LogP contribution is -2.27. The average Bonchev–Trinajstić information content (AvgIpc) is 2.68. The fraction of sp³-hybridized carbons (Fsp3) is 0.150. The summed E-state index contributed by atoms with van der Waals surface area (Å²) in [5.74, 6) is 0.348. The zero-order valence-electron chi connectivity index (χ0n) is 15.5. The van der Waals surface area contributed by atoms with E-state index in [1.54, 1.807) is 49.4 Å². The smallest absolute Gasteiger partial charge is 0.280 e. The Kier molecular flexibility index (Phi) is 5.65. The van der Waals surface area contributed by atoms with Gasteiger partial charge in [0.05, 0.1) is 24.9 Å². The molecule has 8 heteroatoms. The molecule has 1 heterocycles. The molecule has 0 spiro atoms. The Balaban J connectivity index is 2.00. The Bertz CT molecular complexity index is 1070. The van der Waals surface area contributed by atoms with Crippen molar-refractivity contribution >= 4 is 23.2 Å². The molecule has 0 aliphatic heterocycles. The lowest BCUT2D eigenvalue weighted by Gasteiger charge is -2.13. The van der Waals surface area contributed by atoms with Crippen LogP contribution in [0.3, 0.4) is 0 Å². The number of hydrogen-bond acceptors (Lipinski definition) is 5. The number of benzene rings is 2. The summed E-state index contributed by atoms with van der Waals surface area (Å²) in [6, 6.07) is 13.3. The van der Waals surface area contributed by atoms with Crippen LogP contribution in [0.2, 0.25) is 5.02 Å². The van der Waals surface area contributed by atoms with Crippen molar-refractivity contribution in [1.29, 1.82) is 0 Å². The first-order valence-electron chi connectivity index (χ1n) is 8.33. The van der Waals surface area contributed by atoms with Gasteiger partial charge in [-0.1, -0.05) is 23.7 Å². The minimum absolute atomic E-state index is 0.257. The van der Waals surface area contributed by atoms with Crippen molar-refractivity contribution in [3.8, 4) is 17.2 Å². The third-order valence-electron chi connectivity index (χ3n) is 4.01. The predicted octanol–water partition coefficient (Wildman–Crippen LogP) is 3.46. The van der Waals surface area contributed by atoms with Gasteiger partial charge in [-0.15, -0.1) is 0 Å². The minimum atomic E-state index is -0.652. The van der Waals surface area contributed by atoms with E-state index in [1.165, 1.54) is 25.0 Å². The number of amides is 1. The largest absolute Gasteiger partial charge is 0.497 e. The van der Waals surface area contributed by atoms with Gasteiger partial charge in [-0.25, -0.2) is 4.68 Å². The quantitative estimate of drug-likeness (QED) is 0.710. The summed E-state index contributed by atoms with van der Waals surface area (Å²) < 4.78 is 11.8. The second kappa shape index (κ2) is 8.14. The van der Waals surface area contributed by atoms with E-state index < -0.39 is 11.3 Å². The number of carbonyl (C=O) groups excluding carboxylic acids is 1. The van der Waals surface area contributed by atoms with Crippen molar-refractivity contribution in [2.24, 2.45) is 0 Å². The highest BCUT2D eigenvalue weighted by Gasteiger charge is 2.17. The maximum atomic E-state index is 12.7. The van der Waals surface area contributed by atoms with Crippen LogP contribution >= 0.6 is 11.6 Å². The summed E-state index contributed by atoms with van der Waals surface area (Å²) in [5, 5.41) is 7.33. The van der Waals surface area contributed by atoms with Crippen molar-refractivity contribution in [3.05, 3.63) is 75.2 Å². The number of ether oxygens (including phenoxy) is 2. The van der Waals surface area contributed by atoms with Crippen LogP contribution in [0.1, 0.15) is 16.2 Å².